The Labute approximate surface area is 156 Å². The number of amides is 1. The molecule has 1 aromatic rings. The third kappa shape index (κ3) is 3.66. The summed E-state index contributed by atoms with van der Waals surface area (Å²) in [5.41, 5.74) is 0.707. The van der Waals surface area contributed by atoms with Crippen LogP contribution in [-0.2, 0) is 14.6 Å². The fraction of sp³-hybridized carbons (Fsp3) is 0.500. The number of thioether (sulfide) groups is 1. The average Bonchev–Trinajstić information content (AvgIpc) is 2.97. The predicted octanol–water partition coefficient (Wildman–Crippen LogP) is 2.61. The zero-order valence-corrected chi connectivity index (χ0v) is 16.5. The molecule has 0 aliphatic carbocycles. The molecular weight excluding hydrogens is 384 g/mol. The maximum atomic E-state index is 12.1. The van der Waals surface area contributed by atoms with E-state index in [1.165, 1.54) is 18.9 Å². The van der Waals surface area contributed by atoms with Crippen LogP contribution in [0.1, 0.15) is 13.8 Å². The molecule has 1 amide bonds. The first-order valence-electron chi connectivity index (χ1n) is 7.84. The number of nitrogens with zero attached hydrogens (tertiary/aromatic N) is 2. The number of methoxy groups -OCH3 is 1. The fourth-order valence-corrected chi connectivity index (χ4v) is 7.07. The number of carbonyl (C=O) groups excluding carboxylic acids is 1. The summed E-state index contributed by atoms with van der Waals surface area (Å²) in [7, 11) is -1.57. The number of fused-ring (bicyclic) bond motifs is 1. The van der Waals surface area contributed by atoms with E-state index in [2.05, 4.69) is 4.99 Å². The van der Waals surface area contributed by atoms with E-state index in [4.69, 9.17) is 16.3 Å². The molecule has 0 bridgehead atoms. The summed E-state index contributed by atoms with van der Waals surface area (Å²) in [6.07, 6.45) is 0. The summed E-state index contributed by atoms with van der Waals surface area (Å²) >= 11 is 7.58. The molecule has 1 aromatic carbocycles. The number of halogens is 1. The zero-order chi connectivity index (χ0) is 18.4. The number of rotatable bonds is 3. The lowest BCUT2D eigenvalue weighted by atomic mass is 10.2. The lowest BCUT2D eigenvalue weighted by molar-refractivity contribution is -0.120. The third-order valence-electron chi connectivity index (χ3n) is 4.18. The van der Waals surface area contributed by atoms with E-state index in [9.17, 15) is 13.2 Å². The third-order valence-corrected chi connectivity index (χ3v) is 7.68. The Hall–Kier alpha value is -1.25. The Bertz CT molecular complexity index is 839. The second kappa shape index (κ2) is 6.81. The quantitative estimate of drug-likeness (QED) is 0.773. The Morgan fingerprint density at radius 3 is 2.72 bits per heavy atom. The molecule has 25 heavy (non-hydrogen) atoms. The summed E-state index contributed by atoms with van der Waals surface area (Å²) < 4.78 is 29.2. The van der Waals surface area contributed by atoms with Gasteiger partial charge in [0, 0.05) is 16.9 Å². The van der Waals surface area contributed by atoms with Crippen molar-refractivity contribution in [1.29, 1.82) is 0 Å². The van der Waals surface area contributed by atoms with E-state index in [-0.39, 0.29) is 34.6 Å². The summed E-state index contributed by atoms with van der Waals surface area (Å²) in [4.78, 5) is 18.2. The highest BCUT2D eigenvalue weighted by molar-refractivity contribution is 8.16. The van der Waals surface area contributed by atoms with E-state index in [1.54, 1.807) is 32.0 Å². The number of ether oxygens (including phenoxy) is 1. The molecule has 0 N–H and O–H groups in total. The van der Waals surface area contributed by atoms with Crippen LogP contribution in [-0.4, -0.2) is 49.4 Å². The number of amidine groups is 1. The number of sulfone groups is 1. The summed E-state index contributed by atoms with van der Waals surface area (Å²) in [6.45, 7) is 3.57. The predicted molar refractivity (Wildman–Crippen MR) is 102 cm³/mol. The smallest absolute Gasteiger partial charge is 0.250 e. The molecular formula is C16H19ClN2O4S2. The van der Waals surface area contributed by atoms with Crippen molar-refractivity contribution in [3.63, 3.8) is 0 Å². The Kier molecular flexibility index (Phi) is 5.05. The van der Waals surface area contributed by atoms with Gasteiger partial charge in [-0.15, -0.1) is 0 Å². The van der Waals surface area contributed by atoms with Crippen molar-refractivity contribution in [2.24, 2.45) is 10.9 Å². The molecule has 0 spiro atoms. The molecule has 2 fully saturated rings. The highest BCUT2D eigenvalue weighted by atomic mass is 35.5. The monoisotopic (exact) mass is 402 g/mol. The van der Waals surface area contributed by atoms with Gasteiger partial charge >= 0.3 is 0 Å². The number of carbonyl (C=O) groups is 1. The molecule has 0 radical (unpaired) electrons. The molecule has 9 heteroatoms. The first-order chi connectivity index (χ1) is 11.7. The Morgan fingerprint density at radius 1 is 1.40 bits per heavy atom. The van der Waals surface area contributed by atoms with Crippen LogP contribution in [0.3, 0.4) is 0 Å². The molecule has 2 saturated heterocycles. The van der Waals surface area contributed by atoms with Gasteiger partial charge in [0.2, 0.25) is 0 Å². The van der Waals surface area contributed by atoms with Crippen molar-refractivity contribution in [2.75, 3.05) is 23.5 Å². The molecule has 0 saturated carbocycles. The first-order valence-corrected chi connectivity index (χ1v) is 10.9. The van der Waals surface area contributed by atoms with Crippen molar-refractivity contribution in [3.05, 3.63) is 23.2 Å². The molecule has 2 heterocycles. The summed E-state index contributed by atoms with van der Waals surface area (Å²) in [6, 6.07) is 4.98. The minimum absolute atomic E-state index is 0.0448. The van der Waals surface area contributed by atoms with Gasteiger partial charge in [0.15, 0.2) is 15.0 Å². The topological polar surface area (TPSA) is 76.0 Å². The van der Waals surface area contributed by atoms with Gasteiger partial charge in [-0.05, 0) is 18.2 Å². The van der Waals surface area contributed by atoms with Gasteiger partial charge in [-0.3, -0.25) is 4.79 Å². The van der Waals surface area contributed by atoms with E-state index in [0.717, 1.165) is 0 Å². The second-order valence-corrected chi connectivity index (χ2v) is 10.1. The molecule has 2 atom stereocenters. The molecule has 6 nitrogen and oxygen atoms in total. The van der Waals surface area contributed by atoms with Gasteiger partial charge < -0.3 is 9.64 Å². The molecule has 3 rings (SSSR count). The molecule has 0 unspecified atom stereocenters. The minimum atomic E-state index is -3.10. The number of anilines is 1. The van der Waals surface area contributed by atoms with Crippen LogP contribution < -0.4 is 9.64 Å². The van der Waals surface area contributed by atoms with Crippen LogP contribution in [0, 0.1) is 5.92 Å². The van der Waals surface area contributed by atoms with Crippen LogP contribution >= 0.6 is 23.4 Å². The molecule has 136 valence electrons. The highest BCUT2D eigenvalue weighted by Gasteiger charge is 2.49. The summed E-state index contributed by atoms with van der Waals surface area (Å²) in [5, 5.41) is 0.818. The zero-order valence-electron chi connectivity index (χ0n) is 14.1. The van der Waals surface area contributed by atoms with Gasteiger partial charge in [-0.2, -0.15) is 4.99 Å². The standard InChI is InChI=1S/C16H19ClN2O4S2/c1-9(2)15(20)18-16-19(10-4-5-13(23-3)11(17)6-10)12-7-25(21,22)8-14(12)24-16/h4-6,9,12,14H,7-8H2,1-3H3/t12-,14+/m0/s1. The van der Waals surface area contributed by atoms with Crippen LogP contribution in [0.5, 0.6) is 5.75 Å². The van der Waals surface area contributed by atoms with E-state index < -0.39 is 9.84 Å². The van der Waals surface area contributed by atoms with Crippen molar-refractivity contribution < 1.29 is 17.9 Å². The Morgan fingerprint density at radius 2 is 2.12 bits per heavy atom. The number of aliphatic imine (C=N–C) groups is 1. The van der Waals surface area contributed by atoms with Crippen molar-refractivity contribution in [2.45, 2.75) is 25.1 Å². The van der Waals surface area contributed by atoms with Crippen molar-refractivity contribution in [1.82, 2.24) is 0 Å². The highest BCUT2D eigenvalue weighted by Crippen LogP contribution is 2.42. The lowest BCUT2D eigenvalue weighted by Gasteiger charge is -2.25. The van der Waals surface area contributed by atoms with E-state index >= 15 is 0 Å². The van der Waals surface area contributed by atoms with Crippen LogP contribution in [0.15, 0.2) is 23.2 Å². The van der Waals surface area contributed by atoms with Gasteiger partial charge in [0.1, 0.15) is 5.75 Å². The molecule has 2 aliphatic heterocycles. The van der Waals surface area contributed by atoms with Gasteiger partial charge in [0.25, 0.3) is 5.91 Å². The van der Waals surface area contributed by atoms with Crippen molar-refractivity contribution >= 4 is 50.0 Å². The fourth-order valence-electron chi connectivity index (χ4n) is 2.89. The van der Waals surface area contributed by atoms with Gasteiger partial charge in [0.05, 0.1) is 29.7 Å². The van der Waals surface area contributed by atoms with Gasteiger partial charge in [-0.25, -0.2) is 8.42 Å². The van der Waals surface area contributed by atoms with Crippen molar-refractivity contribution in [3.8, 4) is 5.75 Å². The summed E-state index contributed by atoms with van der Waals surface area (Å²) in [5.74, 6) is 0.221. The largest absolute Gasteiger partial charge is 0.495 e. The SMILES string of the molecule is COc1ccc(N2C(=NC(=O)C(C)C)S[C@@H]3CS(=O)(=O)C[C@@H]32)cc1Cl. The number of hydrogen-bond donors (Lipinski definition) is 0. The minimum Gasteiger partial charge on any atom is -0.495 e. The maximum Gasteiger partial charge on any atom is 0.250 e. The first kappa shape index (κ1) is 18.5. The van der Waals surface area contributed by atoms with E-state index in [0.29, 0.717) is 21.6 Å². The molecule has 2 aliphatic rings. The number of hydrogen-bond acceptors (Lipinski definition) is 5. The maximum absolute atomic E-state index is 12.1. The van der Waals surface area contributed by atoms with E-state index in [1.807, 2.05) is 4.90 Å². The van der Waals surface area contributed by atoms with Crippen LogP contribution in [0.4, 0.5) is 5.69 Å². The average molecular weight is 403 g/mol. The Balaban J connectivity index is 2.03. The second-order valence-electron chi connectivity index (χ2n) is 6.38. The number of benzene rings is 1. The van der Waals surface area contributed by atoms with Crippen LogP contribution in [0.25, 0.3) is 0 Å². The van der Waals surface area contributed by atoms with Gasteiger partial charge in [-0.1, -0.05) is 37.2 Å². The normalized spacial score (nSPS) is 26.3. The lowest BCUT2D eigenvalue weighted by Crippen LogP contribution is -2.37. The molecule has 0 aromatic heterocycles. The van der Waals surface area contributed by atoms with Crippen LogP contribution in [0.2, 0.25) is 5.02 Å².